The van der Waals surface area contributed by atoms with E-state index in [4.69, 9.17) is 0 Å². The van der Waals surface area contributed by atoms with E-state index in [9.17, 15) is 10.2 Å². The van der Waals surface area contributed by atoms with E-state index in [2.05, 4.69) is 11.5 Å². The summed E-state index contributed by atoms with van der Waals surface area (Å²) in [4.78, 5) is 2.59. The number of rotatable bonds is 3. The standard InChI is InChI=1S/C17H23NO2/c1-2-3-8-18-9-4-5-13-10-14-12(11-15(13)18)6-7-16(19)17(14)20/h2,6-7,13,15,19-20H,1,3-5,8-11H2. The second kappa shape index (κ2) is 5.49. The molecule has 0 aromatic heterocycles. The third-order valence-corrected chi connectivity index (χ3v) is 4.91. The van der Waals surface area contributed by atoms with Crippen LogP contribution in [0.2, 0.25) is 0 Å². The molecule has 3 nitrogen and oxygen atoms in total. The Hall–Kier alpha value is -1.48. The Bertz CT molecular complexity index is 512. The molecule has 2 atom stereocenters. The maximum Gasteiger partial charge on any atom is 0.160 e. The predicted molar refractivity (Wildman–Crippen MR) is 80.1 cm³/mol. The molecule has 108 valence electrons. The number of benzene rings is 1. The van der Waals surface area contributed by atoms with Gasteiger partial charge in [0.1, 0.15) is 0 Å². The van der Waals surface area contributed by atoms with E-state index < -0.39 is 0 Å². The maximum absolute atomic E-state index is 10.1. The van der Waals surface area contributed by atoms with Gasteiger partial charge in [-0.2, -0.15) is 0 Å². The Morgan fingerprint density at radius 1 is 1.30 bits per heavy atom. The van der Waals surface area contributed by atoms with Gasteiger partial charge in [-0.05, 0) is 56.2 Å². The largest absolute Gasteiger partial charge is 0.504 e. The highest BCUT2D eigenvalue weighted by atomic mass is 16.3. The zero-order valence-corrected chi connectivity index (χ0v) is 11.9. The van der Waals surface area contributed by atoms with Gasteiger partial charge in [0.15, 0.2) is 11.5 Å². The average molecular weight is 273 g/mol. The fourth-order valence-corrected chi connectivity index (χ4v) is 3.85. The molecule has 2 N–H and O–H groups in total. The molecule has 0 radical (unpaired) electrons. The summed E-state index contributed by atoms with van der Waals surface area (Å²) < 4.78 is 0. The van der Waals surface area contributed by atoms with Crippen LogP contribution in [0.4, 0.5) is 0 Å². The van der Waals surface area contributed by atoms with Crippen molar-refractivity contribution in [3.63, 3.8) is 0 Å². The lowest BCUT2D eigenvalue weighted by molar-refractivity contribution is 0.0865. The SMILES string of the molecule is C=CCCN1CCCC2Cc3c(ccc(O)c3O)CC21. The summed E-state index contributed by atoms with van der Waals surface area (Å²) in [6.07, 6.45) is 7.37. The summed E-state index contributed by atoms with van der Waals surface area (Å²) in [5, 5.41) is 19.7. The minimum absolute atomic E-state index is 0.0153. The first-order valence-electron chi connectivity index (χ1n) is 7.58. The minimum atomic E-state index is 0.0153. The molecule has 1 aliphatic carbocycles. The van der Waals surface area contributed by atoms with Crippen LogP contribution >= 0.6 is 0 Å². The Kier molecular flexibility index (Phi) is 3.70. The number of aromatic hydroxyl groups is 2. The average Bonchev–Trinajstić information content (AvgIpc) is 2.47. The van der Waals surface area contributed by atoms with Crippen LogP contribution in [0.25, 0.3) is 0 Å². The summed E-state index contributed by atoms with van der Waals surface area (Å²) >= 11 is 0. The molecule has 1 aromatic rings. The molecule has 0 spiro atoms. The lowest BCUT2D eigenvalue weighted by atomic mass is 9.75. The van der Waals surface area contributed by atoms with Crippen molar-refractivity contribution < 1.29 is 10.2 Å². The van der Waals surface area contributed by atoms with Gasteiger partial charge in [0.05, 0.1) is 0 Å². The monoisotopic (exact) mass is 273 g/mol. The van der Waals surface area contributed by atoms with Gasteiger partial charge in [0, 0.05) is 18.2 Å². The minimum Gasteiger partial charge on any atom is -0.504 e. The van der Waals surface area contributed by atoms with Gasteiger partial charge in [-0.25, -0.2) is 0 Å². The fraction of sp³-hybridized carbons (Fsp3) is 0.529. The molecule has 1 fully saturated rings. The number of nitrogens with zero attached hydrogens (tertiary/aromatic N) is 1. The molecule has 1 saturated heterocycles. The van der Waals surface area contributed by atoms with Crippen LogP contribution in [0, 0.1) is 5.92 Å². The Labute approximate surface area is 120 Å². The predicted octanol–water partition coefficient (Wildman–Crippen LogP) is 2.85. The second-order valence-electron chi connectivity index (χ2n) is 6.06. The highest BCUT2D eigenvalue weighted by Gasteiger charge is 2.36. The van der Waals surface area contributed by atoms with Crippen LogP contribution in [0.1, 0.15) is 30.4 Å². The first-order chi connectivity index (χ1) is 9.70. The zero-order chi connectivity index (χ0) is 14.1. The van der Waals surface area contributed by atoms with E-state index in [0.29, 0.717) is 12.0 Å². The molecule has 0 amide bonds. The number of hydrogen-bond donors (Lipinski definition) is 2. The van der Waals surface area contributed by atoms with Gasteiger partial charge >= 0.3 is 0 Å². The van der Waals surface area contributed by atoms with Gasteiger partial charge in [-0.3, -0.25) is 4.90 Å². The lowest BCUT2D eigenvalue weighted by Gasteiger charge is -2.44. The summed E-state index contributed by atoms with van der Waals surface area (Å²) in [7, 11) is 0. The molecular weight excluding hydrogens is 250 g/mol. The third-order valence-electron chi connectivity index (χ3n) is 4.91. The van der Waals surface area contributed by atoms with Crippen molar-refractivity contribution >= 4 is 0 Å². The zero-order valence-electron chi connectivity index (χ0n) is 11.9. The van der Waals surface area contributed by atoms with Crippen LogP contribution in [0.3, 0.4) is 0 Å². The second-order valence-corrected chi connectivity index (χ2v) is 6.06. The van der Waals surface area contributed by atoms with E-state index in [0.717, 1.165) is 31.4 Å². The molecule has 0 saturated carbocycles. The van der Waals surface area contributed by atoms with Gasteiger partial charge in [0.2, 0.25) is 0 Å². The molecule has 0 bridgehead atoms. The Balaban J connectivity index is 1.86. The van der Waals surface area contributed by atoms with Crippen LogP contribution in [0.5, 0.6) is 11.5 Å². The van der Waals surface area contributed by atoms with Gasteiger partial charge in [-0.15, -0.1) is 6.58 Å². The topological polar surface area (TPSA) is 43.7 Å². The number of likely N-dealkylation sites (tertiary alicyclic amines) is 1. The highest BCUT2D eigenvalue weighted by Crippen LogP contribution is 2.41. The van der Waals surface area contributed by atoms with E-state index in [1.807, 2.05) is 12.1 Å². The summed E-state index contributed by atoms with van der Waals surface area (Å²) in [5.74, 6) is 0.722. The normalized spacial score (nSPS) is 25.8. The quantitative estimate of drug-likeness (QED) is 0.657. The lowest BCUT2D eigenvalue weighted by Crippen LogP contribution is -2.49. The third kappa shape index (κ3) is 2.31. The molecule has 3 rings (SSSR count). The molecule has 2 unspecified atom stereocenters. The van der Waals surface area contributed by atoms with Crippen molar-refractivity contribution in [2.75, 3.05) is 13.1 Å². The summed E-state index contributed by atoms with van der Waals surface area (Å²) in [6, 6.07) is 4.17. The van der Waals surface area contributed by atoms with Crippen molar-refractivity contribution in [2.45, 2.75) is 38.1 Å². The first kappa shape index (κ1) is 13.5. The molecule has 1 aromatic carbocycles. The first-order valence-corrected chi connectivity index (χ1v) is 7.58. The number of hydrogen-bond acceptors (Lipinski definition) is 3. The molecule has 1 heterocycles. The highest BCUT2D eigenvalue weighted by molar-refractivity contribution is 5.50. The molecule has 2 aliphatic rings. The smallest absolute Gasteiger partial charge is 0.160 e. The van der Waals surface area contributed by atoms with Gasteiger partial charge in [-0.1, -0.05) is 12.1 Å². The Morgan fingerprint density at radius 2 is 2.15 bits per heavy atom. The number of phenolic OH excluding ortho intramolecular Hbond substituents is 2. The molecule has 20 heavy (non-hydrogen) atoms. The molecular formula is C17H23NO2. The summed E-state index contributed by atoms with van der Waals surface area (Å²) in [6.45, 7) is 6.08. The maximum atomic E-state index is 10.1. The fourth-order valence-electron chi connectivity index (χ4n) is 3.85. The van der Waals surface area contributed by atoms with Crippen LogP contribution in [-0.2, 0) is 12.8 Å². The molecule has 3 heteroatoms. The molecule has 1 aliphatic heterocycles. The van der Waals surface area contributed by atoms with Gasteiger partial charge in [0.25, 0.3) is 0 Å². The van der Waals surface area contributed by atoms with E-state index in [-0.39, 0.29) is 11.5 Å². The number of fused-ring (bicyclic) bond motifs is 2. The van der Waals surface area contributed by atoms with Crippen molar-refractivity contribution in [3.05, 3.63) is 35.9 Å². The van der Waals surface area contributed by atoms with Crippen molar-refractivity contribution in [1.29, 1.82) is 0 Å². The van der Waals surface area contributed by atoms with Gasteiger partial charge < -0.3 is 10.2 Å². The summed E-state index contributed by atoms with van der Waals surface area (Å²) in [5.41, 5.74) is 2.17. The van der Waals surface area contributed by atoms with Crippen LogP contribution in [-0.4, -0.2) is 34.2 Å². The van der Waals surface area contributed by atoms with E-state index >= 15 is 0 Å². The van der Waals surface area contributed by atoms with E-state index in [1.165, 1.54) is 24.9 Å². The van der Waals surface area contributed by atoms with Crippen molar-refractivity contribution in [2.24, 2.45) is 5.92 Å². The van der Waals surface area contributed by atoms with E-state index in [1.54, 1.807) is 6.07 Å². The van der Waals surface area contributed by atoms with Crippen molar-refractivity contribution in [1.82, 2.24) is 4.90 Å². The van der Waals surface area contributed by atoms with Crippen LogP contribution in [0.15, 0.2) is 24.8 Å². The number of piperidine rings is 1. The van der Waals surface area contributed by atoms with Crippen molar-refractivity contribution in [3.8, 4) is 11.5 Å². The van der Waals surface area contributed by atoms with Crippen LogP contribution < -0.4 is 0 Å². The number of phenols is 2. The Morgan fingerprint density at radius 3 is 2.95 bits per heavy atom.